The SMILES string of the molecule is COc1nc(NN)nc(Oc2cc(F)ccc2Cl)n1. The Balaban J connectivity index is 2.34. The van der Waals surface area contributed by atoms with Gasteiger partial charge in [-0.1, -0.05) is 11.6 Å². The largest absolute Gasteiger partial charge is 0.467 e. The van der Waals surface area contributed by atoms with E-state index < -0.39 is 5.82 Å². The van der Waals surface area contributed by atoms with Crippen molar-refractivity contribution >= 4 is 17.5 Å². The first-order valence-corrected chi connectivity index (χ1v) is 5.39. The summed E-state index contributed by atoms with van der Waals surface area (Å²) < 4.78 is 23.2. The number of methoxy groups -OCH3 is 1. The van der Waals surface area contributed by atoms with E-state index in [9.17, 15) is 4.39 Å². The molecule has 7 nitrogen and oxygen atoms in total. The molecule has 2 rings (SSSR count). The smallest absolute Gasteiger partial charge is 0.330 e. The van der Waals surface area contributed by atoms with Gasteiger partial charge in [0.15, 0.2) is 5.75 Å². The van der Waals surface area contributed by atoms with Gasteiger partial charge < -0.3 is 9.47 Å². The summed E-state index contributed by atoms with van der Waals surface area (Å²) in [5.74, 6) is 4.79. The number of nitrogens with two attached hydrogens (primary N) is 1. The molecule has 19 heavy (non-hydrogen) atoms. The van der Waals surface area contributed by atoms with Crippen LogP contribution in [0.4, 0.5) is 10.3 Å². The zero-order chi connectivity index (χ0) is 13.8. The summed E-state index contributed by atoms with van der Waals surface area (Å²) in [6.45, 7) is 0. The molecule has 0 amide bonds. The summed E-state index contributed by atoms with van der Waals surface area (Å²) in [5, 5.41) is 0.211. The molecule has 0 radical (unpaired) electrons. The first-order chi connectivity index (χ1) is 9.12. The van der Waals surface area contributed by atoms with Gasteiger partial charge in [0.05, 0.1) is 12.1 Å². The van der Waals surface area contributed by atoms with Crippen LogP contribution in [-0.2, 0) is 0 Å². The molecule has 1 aromatic heterocycles. The number of aromatic nitrogens is 3. The van der Waals surface area contributed by atoms with Crippen molar-refractivity contribution in [2.75, 3.05) is 12.5 Å². The Morgan fingerprint density at radius 2 is 2.00 bits per heavy atom. The highest BCUT2D eigenvalue weighted by molar-refractivity contribution is 6.32. The van der Waals surface area contributed by atoms with Crippen LogP contribution in [0, 0.1) is 5.82 Å². The van der Waals surface area contributed by atoms with Gasteiger partial charge in [0.2, 0.25) is 5.95 Å². The molecule has 0 fully saturated rings. The number of hydrogen-bond acceptors (Lipinski definition) is 7. The van der Waals surface area contributed by atoms with Gasteiger partial charge in [-0.3, -0.25) is 5.43 Å². The van der Waals surface area contributed by atoms with E-state index in [1.165, 1.54) is 19.2 Å². The lowest BCUT2D eigenvalue weighted by Crippen LogP contribution is -2.12. The normalized spacial score (nSPS) is 10.1. The zero-order valence-electron chi connectivity index (χ0n) is 9.72. The molecule has 0 saturated heterocycles. The standard InChI is InChI=1S/C10H9ClFN5O2/c1-18-9-14-8(17-13)15-10(16-9)19-7-4-5(12)2-3-6(7)11/h2-4H,13H2,1H3,(H,14,15,16,17). The molecule has 0 bridgehead atoms. The van der Waals surface area contributed by atoms with Crippen molar-refractivity contribution in [1.29, 1.82) is 0 Å². The van der Waals surface area contributed by atoms with E-state index in [1.807, 2.05) is 0 Å². The van der Waals surface area contributed by atoms with E-state index >= 15 is 0 Å². The summed E-state index contributed by atoms with van der Waals surface area (Å²) in [7, 11) is 1.37. The summed E-state index contributed by atoms with van der Waals surface area (Å²) in [6, 6.07) is 3.52. The van der Waals surface area contributed by atoms with Crippen molar-refractivity contribution in [3.8, 4) is 17.8 Å². The van der Waals surface area contributed by atoms with Gasteiger partial charge in [0.25, 0.3) is 0 Å². The Hall–Kier alpha value is -2.19. The molecule has 0 atom stereocenters. The number of ether oxygens (including phenoxy) is 2. The molecule has 9 heteroatoms. The summed E-state index contributed by atoms with van der Waals surface area (Å²) in [6.07, 6.45) is 0. The molecule has 3 N–H and O–H groups in total. The van der Waals surface area contributed by atoms with E-state index in [-0.39, 0.29) is 28.7 Å². The van der Waals surface area contributed by atoms with Gasteiger partial charge in [0, 0.05) is 6.07 Å². The molecular formula is C10H9ClFN5O2. The van der Waals surface area contributed by atoms with Gasteiger partial charge in [0.1, 0.15) is 5.82 Å². The molecule has 1 heterocycles. The molecule has 2 aromatic rings. The monoisotopic (exact) mass is 285 g/mol. The third-order valence-electron chi connectivity index (χ3n) is 2.00. The fourth-order valence-corrected chi connectivity index (χ4v) is 1.35. The number of hydrogen-bond donors (Lipinski definition) is 2. The number of benzene rings is 1. The number of hydrazine groups is 1. The highest BCUT2D eigenvalue weighted by Gasteiger charge is 2.11. The molecule has 1 aromatic carbocycles. The van der Waals surface area contributed by atoms with Gasteiger partial charge in [-0.05, 0) is 12.1 Å². The predicted octanol–water partition coefficient (Wildman–Crippen LogP) is 1.75. The van der Waals surface area contributed by atoms with Crippen LogP contribution in [-0.4, -0.2) is 22.1 Å². The van der Waals surface area contributed by atoms with Crippen molar-refractivity contribution in [3.63, 3.8) is 0 Å². The third-order valence-corrected chi connectivity index (χ3v) is 2.31. The lowest BCUT2D eigenvalue weighted by Gasteiger charge is -2.08. The maximum Gasteiger partial charge on any atom is 0.330 e. The number of rotatable bonds is 4. The second-order valence-corrected chi connectivity index (χ2v) is 3.66. The maximum atomic E-state index is 13.1. The van der Waals surface area contributed by atoms with Crippen LogP contribution in [0.2, 0.25) is 5.02 Å². The lowest BCUT2D eigenvalue weighted by atomic mass is 10.3. The number of nitrogens with zero attached hydrogens (tertiary/aromatic N) is 3. The minimum Gasteiger partial charge on any atom is -0.467 e. The van der Waals surface area contributed by atoms with E-state index in [1.54, 1.807) is 0 Å². The molecular weight excluding hydrogens is 277 g/mol. The minimum atomic E-state index is -0.502. The van der Waals surface area contributed by atoms with E-state index in [2.05, 4.69) is 20.4 Å². The van der Waals surface area contributed by atoms with Crippen molar-refractivity contribution in [3.05, 3.63) is 29.0 Å². The van der Waals surface area contributed by atoms with Crippen LogP contribution >= 0.6 is 11.6 Å². The van der Waals surface area contributed by atoms with Crippen LogP contribution < -0.4 is 20.7 Å². The second kappa shape index (κ2) is 5.63. The molecule has 0 aliphatic rings. The van der Waals surface area contributed by atoms with Gasteiger partial charge >= 0.3 is 12.0 Å². The van der Waals surface area contributed by atoms with Crippen molar-refractivity contribution in [1.82, 2.24) is 15.0 Å². The Morgan fingerprint density at radius 1 is 1.26 bits per heavy atom. The van der Waals surface area contributed by atoms with Crippen molar-refractivity contribution in [2.45, 2.75) is 0 Å². The quantitative estimate of drug-likeness (QED) is 0.652. The van der Waals surface area contributed by atoms with E-state index in [0.29, 0.717) is 0 Å². The first kappa shape index (κ1) is 13.2. The topological polar surface area (TPSA) is 95.2 Å². The fraction of sp³-hybridized carbons (Fsp3) is 0.100. The van der Waals surface area contributed by atoms with Crippen LogP contribution in [0.1, 0.15) is 0 Å². The number of nitrogens with one attached hydrogen (secondary N) is 1. The third kappa shape index (κ3) is 3.18. The molecule has 100 valence electrons. The van der Waals surface area contributed by atoms with Gasteiger partial charge in [-0.15, -0.1) is 4.98 Å². The van der Waals surface area contributed by atoms with Crippen LogP contribution in [0.25, 0.3) is 0 Å². The number of halogens is 2. The fourth-order valence-electron chi connectivity index (χ4n) is 1.19. The first-order valence-electron chi connectivity index (χ1n) is 5.02. The Morgan fingerprint density at radius 3 is 2.68 bits per heavy atom. The highest BCUT2D eigenvalue weighted by atomic mass is 35.5. The van der Waals surface area contributed by atoms with Crippen molar-refractivity contribution < 1.29 is 13.9 Å². The van der Waals surface area contributed by atoms with Crippen LogP contribution in [0.15, 0.2) is 18.2 Å². The maximum absolute atomic E-state index is 13.1. The second-order valence-electron chi connectivity index (χ2n) is 3.25. The number of anilines is 1. The van der Waals surface area contributed by atoms with Crippen molar-refractivity contribution in [2.24, 2.45) is 5.84 Å². The highest BCUT2D eigenvalue weighted by Crippen LogP contribution is 2.29. The summed E-state index contributed by atoms with van der Waals surface area (Å²) in [5.41, 5.74) is 2.22. The van der Waals surface area contributed by atoms with E-state index in [0.717, 1.165) is 6.07 Å². The minimum absolute atomic E-state index is 0.00882. The van der Waals surface area contributed by atoms with Gasteiger partial charge in [-0.2, -0.15) is 9.97 Å². The summed E-state index contributed by atoms with van der Waals surface area (Å²) in [4.78, 5) is 11.4. The predicted molar refractivity (Wildman–Crippen MR) is 65.7 cm³/mol. The Kier molecular flexibility index (Phi) is 3.93. The number of nitrogen functional groups attached to an aromatic ring is 1. The van der Waals surface area contributed by atoms with Crippen LogP contribution in [0.3, 0.4) is 0 Å². The molecule has 0 spiro atoms. The molecule has 0 aliphatic heterocycles. The zero-order valence-corrected chi connectivity index (χ0v) is 10.5. The Labute approximate surface area is 112 Å². The summed E-state index contributed by atoms with van der Waals surface area (Å²) >= 11 is 5.86. The average Bonchev–Trinajstić information content (AvgIpc) is 2.42. The van der Waals surface area contributed by atoms with E-state index in [4.69, 9.17) is 26.9 Å². The molecule has 0 aliphatic carbocycles. The van der Waals surface area contributed by atoms with Crippen LogP contribution in [0.5, 0.6) is 17.8 Å². The lowest BCUT2D eigenvalue weighted by molar-refractivity contribution is 0.359. The van der Waals surface area contributed by atoms with Gasteiger partial charge in [-0.25, -0.2) is 10.2 Å². The Bertz CT molecular complexity index is 576. The molecule has 0 unspecified atom stereocenters. The average molecular weight is 286 g/mol. The molecule has 0 saturated carbocycles.